The quantitative estimate of drug-likeness (QED) is 0.253. The molecule has 0 aromatic heterocycles. The number of carbonyl (C=O) groups is 2. The molecule has 70 valence electrons. The lowest BCUT2D eigenvalue weighted by Gasteiger charge is -1.65. The van der Waals surface area contributed by atoms with Crippen molar-refractivity contribution in [2.45, 2.75) is 0 Å². The SMILES string of the molecule is C=CC(N)=O.C=CC(N)=O.OO. The van der Waals surface area contributed by atoms with Crippen LogP contribution in [0.1, 0.15) is 0 Å². The van der Waals surface area contributed by atoms with Gasteiger partial charge in [-0.05, 0) is 12.2 Å². The van der Waals surface area contributed by atoms with Crippen LogP contribution in [0.25, 0.3) is 0 Å². The molecule has 0 saturated heterocycles. The van der Waals surface area contributed by atoms with Gasteiger partial charge in [-0.15, -0.1) is 0 Å². The molecule has 0 atom stereocenters. The molecule has 12 heavy (non-hydrogen) atoms. The Hall–Kier alpha value is -1.66. The molecule has 0 spiro atoms. The molecule has 0 aromatic rings. The van der Waals surface area contributed by atoms with Crippen LogP contribution >= 0.6 is 0 Å². The predicted octanol–water partition coefficient (Wildman–Crippen LogP) is -0.667. The number of hydrogen-bond donors (Lipinski definition) is 4. The third kappa shape index (κ3) is 82.1. The number of amides is 2. The molecule has 0 saturated carbocycles. The second-order valence-electron chi connectivity index (χ2n) is 1.21. The van der Waals surface area contributed by atoms with Gasteiger partial charge in [0, 0.05) is 0 Å². The Balaban J connectivity index is -0.000000112. The van der Waals surface area contributed by atoms with Crippen molar-refractivity contribution in [2.24, 2.45) is 11.5 Å². The Kier molecular flexibility index (Phi) is 22.5. The van der Waals surface area contributed by atoms with Crippen LogP contribution in [0, 0.1) is 0 Å². The molecule has 0 aromatic carbocycles. The highest BCUT2D eigenvalue weighted by atomic mass is 17.0. The van der Waals surface area contributed by atoms with Crippen molar-refractivity contribution in [1.82, 2.24) is 0 Å². The summed E-state index contributed by atoms with van der Waals surface area (Å²) < 4.78 is 0. The minimum Gasteiger partial charge on any atom is -0.366 e. The van der Waals surface area contributed by atoms with Crippen LogP contribution in [0.15, 0.2) is 25.3 Å². The highest BCUT2D eigenvalue weighted by molar-refractivity contribution is 5.85. The van der Waals surface area contributed by atoms with Crippen LogP contribution in [0.4, 0.5) is 0 Å². The zero-order valence-corrected chi connectivity index (χ0v) is 6.43. The van der Waals surface area contributed by atoms with Crippen LogP contribution in [-0.2, 0) is 9.59 Å². The van der Waals surface area contributed by atoms with Gasteiger partial charge in [0.2, 0.25) is 11.8 Å². The number of carbonyl (C=O) groups excluding carboxylic acids is 2. The van der Waals surface area contributed by atoms with E-state index in [0.29, 0.717) is 0 Å². The Morgan fingerprint density at radius 1 is 1.00 bits per heavy atom. The maximum Gasteiger partial charge on any atom is 0.240 e. The van der Waals surface area contributed by atoms with Gasteiger partial charge in [-0.1, -0.05) is 13.2 Å². The summed E-state index contributed by atoms with van der Waals surface area (Å²) in [6.45, 7) is 6.17. The van der Waals surface area contributed by atoms with Crippen molar-refractivity contribution in [3.8, 4) is 0 Å². The van der Waals surface area contributed by atoms with Gasteiger partial charge >= 0.3 is 0 Å². The first-order valence-corrected chi connectivity index (χ1v) is 2.58. The normalized spacial score (nSPS) is 5.83. The van der Waals surface area contributed by atoms with Gasteiger partial charge in [-0.25, -0.2) is 0 Å². The van der Waals surface area contributed by atoms with Crippen LogP contribution in [0.2, 0.25) is 0 Å². The summed E-state index contributed by atoms with van der Waals surface area (Å²) in [5.74, 6) is -0.963. The average molecular weight is 176 g/mol. The topological polar surface area (TPSA) is 127 Å². The van der Waals surface area contributed by atoms with Gasteiger partial charge in [0.25, 0.3) is 0 Å². The molecule has 2 amide bonds. The minimum absolute atomic E-state index is 0.481. The number of rotatable bonds is 2. The highest BCUT2D eigenvalue weighted by Gasteiger charge is 1.69. The molecule has 0 aliphatic carbocycles. The Bertz CT molecular complexity index is 138. The van der Waals surface area contributed by atoms with Crippen molar-refractivity contribution >= 4 is 11.8 Å². The molecule has 0 rings (SSSR count). The van der Waals surface area contributed by atoms with E-state index in [1.807, 2.05) is 0 Å². The van der Waals surface area contributed by atoms with Gasteiger partial charge in [0.15, 0.2) is 0 Å². The Labute approximate surface area is 69.7 Å². The van der Waals surface area contributed by atoms with Crippen LogP contribution in [0.3, 0.4) is 0 Å². The zero-order valence-electron chi connectivity index (χ0n) is 6.43. The molecule has 0 aliphatic heterocycles. The standard InChI is InChI=1S/2C3H5NO.H2O2/c2*1-2-3(4)5;1-2/h2*2H,1H2,(H2,4,5);1-2H. The first-order chi connectivity index (χ1) is 5.54. The fourth-order valence-corrected chi connectivity index (χ4v) is 0. The molecule has 0 heterocycles. The number of nitrogens with two attached hydrogens (primary N) is 2. The Morgan fingerprint density at radius 3 is 1.08 bits per heavy atom. The maximum atomic E-state index is 9.47. The van der Waals surface area contributed by atoms with Gasteiger partial charge in [0.1, 0.15) is 0 Å². The molecule has 0 fully saturated rings. The lowest BCUT2D eigenvalue weighted by Crippen LogP contribution is -2.04. The van der Waals surface area contributed by atoms with Gasteiger partial charge in [0.05, 0.1) is 0 Å². The molecular weight excluding hydrogens is 164 g/mol. The van der Waals surface area contributed by atoms with Gasteiger partial charge in [-0.3, -0.25) is 20.1 Å². The molecule has 6 nitrogen and oxygen atoms in total. The zero-order chi connectivity index (χ0) is 10.6. The summed E-state index contributed by atoms with van der Waals surface area (Å²) in [6, 6.07) is 0. The second kappa shape index (κ2) is 16.2. The molecule has 0 radical (unpaired) electrons. The van der Waals surface area contributed by atoms with E-state index in [0.717, 1.165) is 12.2 Å². The first kappa shape index (κ1) is 16.7. The van der Waals surface area contributed by atoms with Gasteiger partial charge < -0.3 is 11.5 Å². The van der Waals surface area contributed by atoms with E-state index in [9.17, 15) is 9.59 Å². The lowest BCUT2D eigenvalue weighted by molar-refractivity contribution is -0.176. The summed E-state index contributed by atoms with van der Waals surface area (Å²) >= 11 is 0. The van der Waals surface area contributed by atoms with Gasteiger partial charge in [-0.2, -0.15) is 0 Å². The summed E-state index contributed by atoms with van der Waals surface area (Å²) in [6.07, 6.45) is 2.11. The summed E-state index contributed by atoms with van der Waals surface area (Å²) in [7, 11) is 0. The largest absolute Gasteiger partial charge is 0.366 e. The lowest BCUT2D eigenvalue weighted by atomic mass is 10.6. The molecule has 6 heteroatoms. The summed E-state index contributed by atoms with van der Waals surface area (Å²) in [4.78, 5) is 18.9. The summed E-state index contributed by atoms with van der Waals surface area (Å²) in [5, 5.41) is 12.0. The van der Waals surface area contributed by atoms with Crippen LogP contribution in [0.5, 0.6) is 0 Å². The third-order valence-corrected chi connectivity index (χ3v) is 0.402. The van der Waals surface area contributed by atoms with Crippen molar-refractivity contribution in [1.29, 1.82) is 0 Å². The molecule has 0 unspecified atom stereocenters. The van der Waals surface area contributed by atoms with E-state index < -0.39 is 11.8 Å². The van der Waals surface area contributed by atoms with E-state index in [4.69, 9.17) is 10.5 Å². The van der Waals surface area contributed by atoms with Crippen molar-refractivity contribution < 1.29 is 20.1 Å². The third-order valence-electron chi connectivity index (χ3n) is 0.402. The van der Waals surface area contributed by atoms with Crippen molar-refractivity contribution in [2.75, 3.05) is 0 Å². The van der Waals surface area contributed by atoms with E-state index >= 15 is 0 Å². The monoisotopic (exact) mass is 176 g/mol. The van der Waals surface area contributed by atoms with E-state index in [1.54, 1.807) is 0 Å². The van der Waals surface area contributed by atoms with Crippen molar-refractivity contribution in [3.05, 3.63) is 25.3 Å². The van der Waals surface area contributed by atoms with E-state index in [1.165, 1.54) is 0 Å². The molecule has 6 N–H and O–H groups in total. The predicted molar refractivity (Wildman–Crippen MR) is 44.0 cm³/mol. The van der Waals surface area contributed by atoms with E-state index in [-0.39, 0.29) is 0 Å². The summed E-state index contributed by atoms with van der Waals surface area (Å²) in [5.41, 5.74) is 9.07. The highest BCUT2D eigenvalue weighted by Crippen LogP contribution is 1.49. The fourth-order valence-electron chi connectivity index (χ4n) is 0. The average Bonchev–Trinajstić information content (AvgIpc) is 2.09. The Morgan fingerprint density at radius 2 is 1.08 bits per heavy atom. The fraction of sp³-hybridized carbons (Fsp3) is 0. The first-order valence-electron chi connectivity index (χ1n) is 2.58. The van der Waals surface area contributed by atoms with Crippen LogP contribution < -0.4 is 11.5 Å². The molecular formula is C6H12N2O4. The van der Waals surface area contributed by atoms with Crippen molar-refractivity contribution in [3.63, 3.8) is 0 Å². The minimum atomic E-state index is -0.481. The molecule has 0 bridgehead atoms. The van der Waals surface area contributed by atoms with E-state index in [2.05, 4.69) is 24.6 Å². The smallest absolute Gasteiger partial charge is 0.240 e. The number of hydrogen-bond acceptors (Lipinski definition) is 4. The number of primary amides is 2. The molecule has 0 aliphatic rings. The van der Waals surface area contributed by atoms with Crippen LogP contribution in [-0.4, -0.2) is 22.3 Å². The second-order valence-corrected chi connectivity index (χ2v) is 1.21. The maximum absolute atomic E-state index is 9.47.